The number of aromatic nitrogens is 2. The van der Waals surface area contributed by atoms with Crippen molar-refractivity contribution in [2.45, 2.75) is 19.4 Å². The highest BCUT2D eigenvalue weighted by atomic mass is 32.1. The molecule has 3 rings (SSSR count). The molecule has 0 aliphatic carbocycles. The Morgan fingerprint density at radius 3 is 2.79 bits per heavy atom. The van der Waals surface area contributed by atoms with Gasteiger partial charge in [-0.25, -0.2) is 9.97 Å². The van der Waals surface area contributed by atoms with Crippen LogP contribution in [0.1, 0.15) is 19.5 Å². The second-order valence-electron chi connectivity index (χ2n) is 4.97. The molecule has 2 heterocycles. The van der Waals surface area contributed by atoms with E-state index in [9.17, 15) is 5.11 Å². The fourth-order valence-corrected chi connectivity index (χ4v) is 2.91. The summed E-state index contributed by atoms with van der Waals surface area (Å²) in [5.41, 5.74) is 0.686. The lowest BCUT2D eigenvalue weighted by Crippen LogP contribution is -2.17. The van der Waals surface area contributed by atoms with Crippen molar-refractivity contribution < 1.29 is 5.11 Å². The molecular formula is C15H14N2OS. The van der Waals surface area contributed by atoms with Crippen molar-refractivity contribution in [2.75, 3.05) is 0 Å². The minimum absolute atomic E-state index is 0.631. The maximum absolute atomic E-state index is 10.0. The van der Waals surface area contributed by atoms with E-state index in [1.165, 1.54) is 10.1 Å². The van der Waals surface area contributed by atoms with E-state index in [1.807, 2.05) is 12.1 Å². The van der Waals surface area contributed by atoms with E-state index in [0.717, 1.165) is 5.56 Å². The quantitative estimate of drug-likeness (QED) is 0.774. The highest BCUT2D eigenvalue weighted by Gasteiger charge is 2.19. The molecule has 96 valence electrons. The van der Waals surface area contributed by atoms with Gasteiger partial charge in [0, 0.05) is 16.5 Å². The Bertz CT molecular complexity index is 728. The number of hydrogen-bond acceptors (Lipinski definition) is 4. The Morgan fingerprint density at radius 1 is 1.16 bits per heavy atom. The molecule has 0 fully saturated rings. The van der Waals surface area contributed by atoms with Gasteiger partial charge in [-0.15, -0.1) is 11.3 Å². The molecule has 0 amide bonds. The highest BCUT2D eigenvalue weighted by Crippen LogP contribution is 2.31. The summed E-state index contributed by atoms with van der Waals surface area (Å²) in [7, 11) is 0. The first-order chi connectivity index (χ1) is 9.05. The first-order valence-corrected chi connectivity index (χ1v) is 6.96. The van der Waals surface area contributed by atoms with E-state index in [0.29, 0.717) is 11.5 Å². The molecule has 1 N–H and O–H groups in total. The molecular weight excluding hydrogens is 256 g/mol. The number of nitrogens with zero attached hydrogens (tertiary/aromatic N) is 2. The lowest BCUT2D eigenvalue weighted by Gasteiger charge is -2.16. The van der Waals surface area contributed by atoms with Crippen molar-refractivity contribution in [3.05, 3.63) is 47.6 Å². The summed E-state index contributed by atoms with van der Waals surface area (Å²) >= 11 is 1.68. The van der Waals surface area contributed by atoms with Gasteiger partial charge in [0.05, 0.1) is 5.69 Å². The molecule has 3 nitrogen and oxygen atoms in total. The maximum atomic E-state index is 10.0. The molecule has 0 aliphatic heterocycles. The fourth-order valence-electron chi connectivity index (χ4n) is 2.00. The van der Waals surface area contributed by atoms with Gasteiger partial charge in [0.25, 0.3) is 0 Å². The fraction of sp³-hybridized carbons (Fsp3) is 0.200. The van der Waals surface area contributed by atoms with E-state index in [2.05, 4.69) is 27.5 Å². The number of rotatable bonds is 2. The van der Waals surface area contributed by atoms with E-state index in [-0.39, 0.29) is 0 Å². The van der Waals surface area contributed by atoms with Crippen LogP contribution in [0.5, 0.6) is 0 Å². The van der Waals surface area contributed by atoms with Crippen LogP contribution < -0.4 is 0 Å². The Hall–Kier alpha value is -1.78. The van der Waals surface area contributed by atoms with Crippen LogP contribution >= 0.6 is 11.3 Å². The van der Waals surface area contributed by atoms with Gasteiger partial charge in [-0.05, 0) is 42.8 Å². The van der Waals surface area contributed by atoms with Crippen LogP contribution in [0.15, 0.2) is 41.9 Å². The van der Waals surface area contributed by atoms with Crippen LogP contribution in [0, 0.1) is 0 Å². The highest BCUT2D eigenvalue weighted by molar-refractivity contribution is 7.17. The topological polar surface area (TPSA) is 46.0 Å². The number of thiophene rings is 1. The number of fused-ring (bicyclic) bond motifs is 1. The van der Waals surface area contributed by atoms with Crippen molar-refractivity contribution >= 4 is 21.4 Å². The first-order valence-electron chi connectivity index (χ1n) is 6.08. The maximum Gasteiger partial charge on any atom is 0.160 e. The molecule has 3 aromatic rings. The van der Waals surface area contributed by atoms with Crippen molar-refractivity contribution in [3.63, 3.8) is 0 Å². The van der Waals surface area contributed by atoms with Crippen molar-refractivity contribution in [1.29, 1.82) is 0 Å². The Labute approximate surface area is 115 Å². The summed E-state index contributed by atoms with van der Waals surface area (Å²) in [6.45, 7) is 3.45. The van der Waals surface area contributed by atoms with Crippen LogP contribution in [0.2, 0.25) is 0 Å². The molecule has 0 bridgehead atoms. The number of hydrogen-bond donors (Lipinski definition) is 1. The lowest BCUT2D eigenvalue weighted by molar-refractivity contribution is 0.0738. The minimum Gasteiger partial charge on any atom is -0.384 e. The van der Waals surface area contributed by atoms with Crippen LogP contribution in [0.4, 0.5) is 0 Å². The van der Waals surface area contributed by atoms with Crippen LogP contribution in [-0.2, 0) is 5.60 Å². The van der Waals surface area contributed by atoms with E-state index < -0.39 is 5.60 Å². The van der Waals surface area contributed by atoms with Gasteiger partial charge < -0.3 is 5.11 Å². The van der Waals surface area contributed by atoms with Gasteiger partial charge in [-0.3, -0.25) is 0 Å². The Balaban J connectivity index is 2.19. The zero-order valence-electron chi connectivity index (χ0n) is 10.8. The van der Waals surface area contributed by atoms with Crippen LogP contribution in [-0.4, -0.2) is 15.1 Å². The number of aliphatic hydroxyl groups is 1. The van der Waals surface area contributed by atoms with Crippen molar-refractivity contribution in [1.82, 2.24) is 9.97 Å². The molecule has 0 radical (unpaired) electrons. The van der Waals surface area contributed by atoms with E-state index in [4.69, 9.17) is 0 Å². The molecule has 4 heteroatoms. The molecule has 2 aromatic heterocycles. The molecule has 0 saturated heterocycles. The summed E-state index contributed by atoms with van der Waals surface area (Å²) in [6, 6.07) is 9.93. The van der Waals surface area contributed by atoms with E-state index in [1.54, 1.807) is 37.4 Å². The van der Waals surface area contributed by atoms with Crippen LogP contribution in [0.3, 0.4) is 0 Å². The minimum atomic E-state index is -0.957. The molecule has 0 aliphatic rings. The lowest BCUT2D eigenvalue weighted by atomic mass is 10.1. The smallest absolute Gasteiger partial charge is 0.160 e. The third-order valence-corrected chi connectivity index (χ3v) is 3.97. The average molecular weight is 270 g/mol. The molecule has 0 atom stereocenters. The molecule has 19 heavy (non-hydrogen) atoms. The normalized spacial score (nSPS) is 11.9. The Morgan fingerprint density at radius 2 is 2.00 bits per heavy atom. The third kappa shape index (κ3) is 2.25. The number of benzene rings is 1. The molecule has 0 unspecified atom stereocenters. The zero-order valence-corrected chi connectivity index (χ0v) is 11.6. The monoisotopic (exact) mass is 270 g/mol. The molecule has 1 aromatic carbocycles. The second kappa shape index (κ2) is 4.40. The largest absolute Gasteiger partial charge is 0.384 e. The van der Waals surface area contributed by atoms with Crippen molar-refractivity contribution in [3.8, 4) is 11.4 Å². The second-order valence-corrected chi connectivity index (χ2v) is 5.89. The SMILES string of the molecule is CC(C)(O)c1ccnc(-c2cccc3ccsc23)n1. The van der Waals surface area contributed by atoms with E-state index >= 15 is 0 Å². The predicted octanol–water partition coefficient (Wildman–Crippen LogP) is 3.59. The standard InChI is InChI=1S/C15H14N2OS/c1-15(2,18)12-6-8-16-14(17-12)11-5-3-4-10-7-9-19-13(10)11/h3-9,18H,1-2H3. The molecule has 0 spiro atoms. The van der Waals surface area contributed by atoms with Crippen molar-refractivity contribution in [2.24, 2.45) is 0 Å². The average Bonchev–Trinajstić information content (AvgIpc) is 2.86. The van der Waals surface area contributed by atoms with Gasteiger partial charge in [0.15, 0.2) is 5.82 Å². The molecule has 0 saturated carbocycles. The van der Waals surface area contributed by atoms with Crippen LogP contribution in [0.25, 0.3) is 21.5 Å². The van der Waals surface area contributed by atoms with Gasteiger partial charge >= 0.3 is 0 Å². The summed E-state index contributed by atoms with van der Waals surface area (Å²) in [5.74, 6) is 0.660. The first kappa shape index (κ1) is 12.3. The predicted molar refractivity (Wildman–Crippen MR) is 78.1 cm³/mol. The Kier molecular flexibility index (Phi) is 2.84. The summed E-state index contributed by atoms with van der Waals surface area (Å²) < 4.78 is 1.18. The van der Waals surface area contributed by atoms with Gasteiger partial charge in [0.2, 0.25) is 0 Å². The van der Waals surface area contributed by atoms with Gasteiger partial charge in [-0.1, -0.05) is 12.1 Å². The van der Waals surface area contributed by atoms with Gasteiger partial charge in [-0.2, -0.15) is 0 Å². The summed E-state index contributed by atoms with van der Waals surface area (Å²) in [4.78, 5) is 8.83. The zero-order chi connectivity index (χ0) is 13.5. The summed E-state index contributed by atoms with van der Waals surface area (Å²) in [6.07, 6.45) is 1.70. The van der Waals surface area contributed by atoms with Gasteiger partial charge in [0.1, 0.15) is 5.60 Å². The third-order valence-electron chi connectivity index (χ3n) is 3.00. The summed E-state index contributed by atoms with van der Waals surface area (Å²) in [5, 5.41) is 13.3.